The van der Waals surface area contributed by atoms with Crippen LogP contribution in [0.2, 0.25) is 0 Å². The van der Waals surface area contributed by atoms with Gasteiger partial charge >= 0.3 is 0 Å². The molecule has 2 fully saturated rings. The van der Waals surface area contributed by atoms with Gasteiger partial charge in [0.25, 0.3) is 0 Å². The molecule has 2 aliphatic heterocycles. The van der Waals surface area contributed by atoms with Gasteiger partial charge in [0.1, 0.15) is 0 Å². The molecule has 16 heavy (non-hydrogen) atoms. The fourth-order valence-electron chi connectivity index (χ4n) is 2.49. The summed E-state index contributed by atoms with van der Waals surface area (Å²) in [7, 11) is 0. The van der Waals surface area contributed by atoms with E-state index in [2.05, 4.69) is 18.7 Å². The molecule has 0 spiro atoms. The molecule has 2 rings (SSSR count). The van der Waals surface area contributed by atoms with Gasteiger partial charge in [0.15, 0.2) is 0 Å². The zero-order valence-electron chi connectivity index (χ0n) is 10.3. The number of nitrogens with zero attached hydrogens (tertiary/aromatic N) is 1. The molecular formula is C12H23NO3. The molecule has 0 bridgehead atoms. The Morgan fingerprint density at radius 1 is 1.31 bits per heavy atom. The maximum absolute atomic E-state index is 9.91. The van der Waals surface area contributed by atoms with Gasteiger partial charge < -0.3 is 14.6 Å². The molecule has 2 saturated heterocycles. The third kappa shape index (κ3) is 2.94. The lowest BCUT2D eigenvalue weighted by Crippen LogP contribution is -2.51. The largest absolute Gasteiger partial charge is 0.393 e. The Hall–Kier alpha value is -0.160. The van der Waals surface area contributed by atoms with Crippen LogP contribution in [-0.4, -0.2) is 61.2 Å². The standard InChI is InChI=1S/C12H23NO3/c1-9-7-16-10(2)5-13(9)6-11-8-15-4-3-12(11)14/h9-12,14H,3-8H2,1-2H3. The molecule has 1 N–H and O–H groups in total. The summed E-state index contributed by atoms with van der Waals surface area (Å²) < 4.78 is 11.0. The minimum absolute atomic E-state index is 0.195. The number of rotatable bonds is 2. The first kappa shape index (κ1) is 12.3. The summed E-state index contributed by atoms with van der Waals surface area (Å²) in [5.41, 5.74) is 0. The van der Waals surface area contributed by atoms with Crippen LogP contribution in [0.15, 0.2) is 0 Å². The highest BCUT2D eigenvalue weighted by atomic mass is 16.5. The summed E-state index contributed by atoms with van der Waals surface area (Å²) >= 11 is 0. The highest BCUT2D eigenvalue weighted by molar-refractivity contribution is 4.81. The van der Waals surface area contributed by atoms with Gasteiger partial charge in [0.05, 0.1) is 25.4 Å². The monoisotopic (exact) mass is 229 g/mol. The maximum atomic E-state index is 9.91. The van der Waals surface area contributed by atoms with E-state index < -0.39 is 0 Å². The van der Waals surface area contributed by atoms with Gasteiger partial charge in [-0.05, 0) is 20.3 Å². The van der Waals surface area contributed by atoms with Crippen LogP contribution in [0.4, 0.5) is 0 Å². The lowest BCUT2D eigenvalue weighted by Gasteiger charge is -2.40. The molecule has 4 nitrogen and oxygen atoms in total. The number of aliphatic hydroxyl groups excluding tert-OH is 1. The van der Waals surface area contributed by atoms with Gasteiger partial charge in [-0.15, -0.1) is 0 Å². The number of hydrogen-bond acceptors (Lipinski definition) is 4. The van der Waals surface area contributed by atoms with Crippen LogP contribution in [0.1, 0.15) is 20.3 Å². The van der Waals surface area contributed by atoms with E-state index in [1.807, 2.05) is 0 Å². The van der Waals surface area contributed by atoms with E-state index in [4.69, 9.17) is 9.47 Å². The first-order valence-electron chi connectivity index (χ1n) is 6.28. The van der Waals surface area contributed by atoms with Gasteiger partial charge in [-0.2, -0.15) is 0 Å². The molecule has 0 saturated carbocycles. The van der Waals surface area contributed by atoms with E-state index in [0.29, 0.717) is 25.4 Å². The summed E-state index contributed by atoms with van der Waals surface area (Å²) in [6.07, 6.45) is 0.885. The zero-order valence-corrected chi connectivity index (χ0v) is 10.3. The Morgan fingerprint density at radius 2 is 2.12 bits per heavy atom. The van der Waals surface area contributed by atoms with Gasteiger partial charge in [-0.1, -0.05) is 0 Å². The van der Waals surface area contributed by atoms with Crippen molar-refractivity contribution in [2.24, 2.45) is 5.92 Å². The van der Waals surface area contributed by atoms with E-state index in [1.165, 1.54) is 0 Å². The number of aliphatic hydroxyl groups is 1. The molecule has 94 valence electrons. The van der Waals surface area contributed by atoms with Gasteiger partial charge in [-0.3, -0.25) is 4.90 Å². The van der Waals surface area contributed by atoms with Crippen LogP contribution in [0.3, 0.4) is 0 Å². The topological polar surface area (TPSA) is 41.9 Å². The van der Waals surface area contributed by atoms with Crippen molar-refractivity contribution in [3.8, 4) is 0 Å². The van der Waals surface area contributed by atoms with Gasteiger partial charge in [0.2, 0.25) is 0 Å². The van der Waals surface area contributed by atoms with E-state index in [0.717, 1.165) is 26.1 Å². The third-order valence-electron chi connectivity index (χ3n) is 3.64. The number of morpholine rings is 1. The quantitative estimate of drug-likeness (QED) is 0.748. The Labute approximate surface area is 97.5 Å². The molecule has 0 amide bonds. The van der Waals surface area contributed by atoms with Crippen molar-refractivity contribution in [3.63, 3.8) is 0 Å². The fourth-order valence-corrected chi connectivity index (χ4v) is 2.49. The fraction of sp³-hybridized carbons (Fsp3) is 1.00. The molecule has 2 heterocycles. The number of ether oxygens (including phenoxy) is 2. The average molecular weight is 229 g/mol. The minimum Gasteiger partial charge on any atom is -0.393 e. The van der Waals surface area contributed by atoms with Crippen molar-refractivity contribution in [2.75, 3.05) is 32.9 Å². The highest BCUT2D eigenvalue weighted by Crippen LogP contribution is 2.19. The number of hydrogen-bond donors (Lipinski definition) is 1. The van der Waals surface area contributed by atoms with Crippen LogP contribution in [-0.2, 0) is 9.47 Å². The average Bonchev–Trinajstić information content (AvgIpc) is 2.27. The normalized spacial score (nSPS) is 42.2. The molecular weight excluding hydrogens is 206 g/mol. The minimum atomic E-state index is -0.195. The summed E-state index contributed by atoms with van der Waals surface area (Å²) in [5, 5.41) is 9.91. The highest BCUT2D eigenvalue weighted by Gasteiger charge is 2.30. The Bertz CT molecular complexity index is 224. The molecule has 0 aromatic rings. The van der Waals surface area contributed by atoms with Crippen molar-refractivity contribution < 1.29 is 14.6 Å². The summed E-state index contributed by atoms with van der Waals surface area (Å²) in [4.78, 5) is 2.41. The van der Waals surface area contributed by atoms with Gasteiger partial charge in [0, 0.05) is 31.7 Å². The molecule has 4 unspecified atom stereocenters. The van der Waals surface area contributed by atoms with E-state index in [9.17, 15) is 5.11 Å². The van der Waals surface area contributed by atoms with E-state index in [1.54, 1.807) is 0 Å². The van der Waals surface area contributed by atoms with Crippen LogP contribution >= 0.6 is 0 Å². The van der Waals surface area contributed by atoms with Crippen molar-refractivity contribution in [1.29, 1.82) is 0 Å². The third-order valence-corrected chi connectivity index (χ3v) is 3.64. The predicted molar refractivity (Wildman–Crippen MR) is 61.4 cm³/mol. The summed E-state index contributed by atoms with van der Waals surface area (Å²) in [6.45, 7) is 8.37. The molecule has 0 radical (unpaired) electrons. The van der Waals surface area contributed by atoms with Crippen LogP contribution in [0, 0.1) is 5.92 Å². The van der Waals surface area contributed by atoms with Crippen LogP contribution in [0.25, 0.3) is 0 Å². The molecule has 4 heteroatoms. The lowest BCUT2D eigenvalue weighted by molar-refractivity contribution is -0.0861. The first-order chi connectivity index (χ1) is 7.66. The van der Waals surface area contributed by atoms with Crippen LogP contribution in [0.5, 0.6) is 0 Å². The lowest BCUT2D eigenvalue weighted by atomic mass is 9.97. The van der Waals surface area contributed by atoms with Crippen LogP contribution < -0.4 is 0 Å². The summed E-state index contributed by atoms with van der Waals surface area (Å²) in [5.74, 6) is 0.265. The predicted octanol–water partition coefficient (Wildman–Crippen LogP) is 0.493. The van der Waals surface area contributed by atoms with Gasteiger partial charge in [-0.25, -0.2) is 0 Å². The Morgan fingerprint density at radius 3 is 2.88 bits per heavy atom. The van der Waals surface area contributed by atoms with Crippen molar-refractivity contribution in [3.05, 3.63) is 0 Å². The second kappa shape index (κ2) is 5.45. The van der Waals surface area contributed by atoms with Crippen molar-refractivity contribution in [1.82, 2.24) is 4.90 Å². The molecule has 4 atom stereocenters. The van der Waals surface area contributed by atoms with Crippen molar-refractivity contribution in [2.45, 2.75) is 38.5 Å². The second-order valence-electron chi connectivity index (χ2n) is 5.14. The van der Waals surface area contributed by atoms with E-state index in [-0.39, 0.29) is 12.0 Å². The zero-order chi connectivity index (χ0) is 11.5. The molecule has 0 aromatic heterocycles. The Kier molecular flexibility index (Phi) is 4.19. The molecule has 2 aliphatic rings. The summed E-state index contributed by atoms with van der Waals surface area (Å²) in [6, 6.07) is 0.449. The second-order valence-corrected chi connectivity index (χ2v) is 5.14. The first-order valence-corrected chi connectivity index (χ1v) is 6.28. The van der Waals surface area contributed by atoms with E-state index >= 15 is 0 Å². The molecule has 0 aromatic carbocycles. The smallest absolute Gasteiger partial charge is 0.0674 e. The SMILES string of the molecule is CC1CN(CC2COCCC2O)C(C)CO1. The molecule has 0 aliphatic carbocycles. The maximum Gasteiger partial charge on any atom is 0.0674 e. The Balaban J connectivity index is 1.86. The van der Waals surface area contributed by atoms with Crippen molar-refractivity contribution >= 4 is 0 Å².